The van der Waals surface area contributed by atoms with E-state index in [1.165, 1.54) is 6.07 Å². The van der Waals surface area contributed by atoms with Crippen LogP contribution in [-0.2, 0) is 0 Å². The van der Waals surface area contributed by atoms with E-state index >= 15 is 0 Å². The molecule has 0 atom stereocenters. The zero-order valence-corrected chi connectivity index (χ0v) is 9.08. The van der Waals surface area contributed by atoms with Crippen molar-refractivity contribution >= 4 is 10.9 Å². The van der Waals surface area contributed by atoms with Gasteiger partial charge in [0.05, 0.1) is 5.52 Å². The summed E-state index contributed by atoms with van der Waals surface area (Å²) in [7, 11) is 0. The highest BCUT2D eigenvalue weighted by atomic mass is 19.1. The first-order valence-corrected chi connectivity index (χ1v) is 5.01. The SMILES string of the molecule is Cc1ncc2c(C(C)C)c(F)ccc2n1. The molecule has 0 aliphatic heterocycles. The van der Waals surface area contributed by atoms with E-state index in [0.29, 0.717) is 11.4 Å². The molecule has 0 unspecified atom stereocenters. The Morgan fingerprint density at radius 3 is 2.67 bits per heavy atom. The lowest BCUT2D eigenvalue weighted by Crippen LogP contribution is -1.97. The third-order valence-corrected chi connectivity index (χ3v) is 2.45. The molecule has 0 fully saturated rings. The van der Waals surface area contributed by atoms with Crippen molar-refractivity contribution in [3.05, 3.63) is 35.5 Å². The fourth-order valence-corrected chi connectivity index (χ4v) is 1.78. The summed E-state index contributed by atoms with van der Waals surface area (Å²) < 4.78 is 13.6. The van der Waals surface area contributed by atoms with E-state index in [0.717, 1.165) is 10.9 Å². The average Bonchev–Trinajstić information content (AvgIpc) is 2.17. The molecule has 0 spiro atoms. The van der Waals surface area contributed by atoms with Gasteiger partial charge in [0.15, 0.2) is 0 Å². The quantitative estimate of drug-likeness (QED) is 0.712. The van der Waals surface area contributed by atoms with Crippen LogP contribution in [0, 0.1) is 12.7 Å². The Kier molecular flexibility index (Phi) is 2.39. The van der Waals surface area contributed by atoms with Gasteiger partial charge in [-0.05, 0) is 25.0 Å². The van der Waals surface area contributed by atoms with Crippen LogP contribution >= 0.6 is 0 Å². The number of rotatable bonds is 1. The number of aryl methyl sites for hydroxylation is 1. The molecule has 0 aliphatic rings. The molecule has 0 amide bonds. The van der Waals surface area contributed by atoms with Crippen molar-refractivity contribution in [1.82, 2.24) is 9.97 Å². The standard InChI is InChI=1S/C12H13FN2/c1-7(2)12-9-6-14-8(3)15-11(9)5-4-10(12)13/h4-7H,1-3H3. The van der Waals surface area contributed by atoms with Crippen LogP contribution < -0.4 is 0 Å². The summed E-state index contributed by atoms with van der Waals surface area (Å²) in [6, 6.07) is 3.18. The molecule has 2 aromatic rings. The first-order chi connectivity index (χ1) is 7.09. The number of fused-ring (bicyclic) bond motifs is 1. The topological polar surface area (TPSA) is 25.8 Å². The maximum atomic E-state index is 13.6. The van der Waals surface area contributed by atoms with Gasteiger partial charge < -0.3 is 0 Å². The molecule has 0 N–H and O–H groups in total. The number of halogens is 1. The first kappa shape index (κ1) is 10.0. The van der Waals surface area contributed by atoms with Crippen LogP contribution in [-0.4, -0.2) is 9.97 Å². The monoisotopic (exact) mass is 204 g/mol. The van der Waals surface area contributed by atoms with Crippen LogP contribution in [0.3, 0.4) is 0 Å². The van der Waals surface area contributed by atoms with Crippen LogP contribution in [0.15, 0.2) is 18.3 Å². The third-order valence-electron chi connectivity index (χ3n) is 2.45. The van der Waals surface area contributed by atoms with Gasteiger partial charge in [0, 0.05) is 17.1 Å². The van der Waals surface area contributed by atoms with Crippen LogP contribution in [0.1, 0.15) is 31.2 Å². The molecule has 0 radical (unpaired) electrons. The summed E-state index contributed by atoms with van der Waals surface area (Å²) in [6.45, 7) is 5.77. The summed E-state index contributed by atoms with van der Waals surface area (Å²) >= 11 is 0. The van der Waals surface area contributed by atoms with Gasteiger partial charge in [-0.15, -0.1) is 0 Å². The van der Waals surface area contributed by atoms with E-state index in [-0.39, 0.29) is 11.7 Å². The molecule has 2 rings (SSSR count). The minimum atomic E-state index is -0.176. The summed E-state index contributed by atoms with van der Waals surface area (Å²) in [5.74, 6) is 0.675. The Morgan fingerprint density at radius 2 is 2.00 bits per heavy atom. The van der Waals surface area contributed by atoms with Crippen molar-refractivity contribution in [3.8, 4) is 0 Å². The summed E-state index contributed by atoms with van der Waals surface area (Å²) in [5, 5.41) is 0.815. The molecule has 15 heavy (non-hydrogen) atoms. The number of nitrogens with zero attached hydrogens (tertiary/aromatic N) is 2. The molecule has 0 bridgehead atoms. The summed E-state index contributed by atoms with van der Waals surface area (Å²) in [4.78, 5) is 8.40. The molecular weight excluding hydrogens is 191 g/mol. The average molecular weight is 204 g/mol. The number of hydrogen-bond acceptors (Lipinski definition) is 2. The molecular formula is C12H13FN2. The molecule has 1 aromatic heterocycles. The molecule has 0 saturated heterocycles. The van der Waals surface area contributed by atoms with E-state index in [9.17, 15) is 4.39 Å². The highest BCUT2D eigenvalue weighted by molar-refractivity contribution is 5.82. The van der Waals surface area contributed by atoms with E-state index < -0.39 is 0 Å². The molecule has 3 heteroatoms. The minimum absolute atomic E-state index is 0.139. The zero-order chi connectivity index (χ0) is 11.0. The maximum absolute atomic E-state index is 13.6. The second-order valence-electron chi connectivity index (χ2n) is 3.97. The van der Waals surface area contributed by atoms with Gasteiger partial charge in [0.2, 0.25) is 0 Å². The first-order valence-electron chi connectivity index (χ1n) is 5.01. The van der Waals surface area contributed by atoms with Gasteiger partial charge in [-0.1, -0.05) is 13.8 Å². The molecule has 1 aromatic carbocycles. The Labute approximate surface area is 88.2 Å². The zero-order valence-electron chi connectivity index (χ0n) is 9.08. The Balaban J connectivity index is 2.82. The fourth-order valence-electron chi connectivity index (χ4n) is 1.78. The van der Waals surface area contributed by atoms with Crippen molar-refractivity contribution in [2.24, 2.45) is 0 Å². The number of hydrogen-bond donors (Lipinski definition) is 0. The molecule has 0 saturated carbocycles. The lowest BCUT2D eigenvalue weighted by Gasteiger charge is -2.10. The predicted octanol–water partition coefficient (Wildman–Crippen LogP) is 3.20. The van der Waals surface area contributed by atoms with Gasteiger partial charge >= 0.3 is 0 Å². The summed E-state index contributed by atoms with van der Waals surface area (Å²) in [5.41, 5.74) is 1.51. The molecule has 78 valence electrons. The van der Waals surface area contributed by atoms with E-state index in [1.807, 2.05) is 20.8 Å². The number of aromatic nitrogens is 2. The molecule has 0 aliphatic carbocycles. The van der Waals surface area contributed by atoms with Crippen molar-refractivity contribution in [2.45, 2.75) is 26.7 Å². The van der Waals surface area contributed by atoms with Crippen molar-refractivity contribution in [3.63, 3.8) is 0 Å². The van der Waals surface area contributed by atoms with Crippen LogP contribution in [0.25, 0.3) is 10.9 Å². The lowest BCUT2D eigenvalue weighted by molar-refractivity contribution is 0.601. The third kappa shape index (κ3) is 1.69. The molecule has 1 heterocycles. The van der Waals surface area contributed by atoms with Crippen molar-refractivity contribution in [1.29, 1.82) is 0 Å². The van der Waals surface area contributed by atoms with Gasteiger partial charge in [0.1, 0.15) is 11.6 Å². The van der Waals surface area contributed by atoms with E-state index in [1.54, 1.807) is 12.3 Å². The normalized spacial score (nSPS) is 11.3. The van der Waals surface area contributed by atoms with Crippen molar-refractivity contribution < 1.29 is 4.39 Å². The van der Waals surface area contributed by atoms with E-state index in [4.69, 9.17) is 0 Å². The van der Waals surface area contributed by atoms with Crippen LogP contribution in [0.4, 0.5) is 4.39 Å². The maximum Gasteiger partial charge on any atom is 0.127 e. The highest BCUT2D eigenvalue weighted by Gasteiger charge is 2.12. The Hall–Kier alpha value is -1.51. The van der Waals surface area contributed by atoms with Crippen LogP contribution in [0.2, 0.25) is 0 Å². The molecule has 2 nitrogen and oxygen atoms in total. The Morgan fingerprint density at radius 1 is 1.27 bits per heavy atom. The minimum Gasteiger partial charge on any atom is -0.241 e. The van der Waals surface area contributed by atoms with E-state index in [2.05, 4.69) is 9.97 Å². The van der Waals surface area contributed by atoms with Crippen LogP contribution in [0.5, 0.6) is 0 Å². The lowest BCUT2D eigenvalue weighted by atomic mass is 9.98. The fraction of sp³-hybridized carbons (Fsp3) is 0.333. The van der Waals surface area contributed by atoms with Gasteiger partial charge in [0.25, 0.3) is 0 Å². The second-order valence-corrected chi connectivity index (χ2v) is 3.97. The largest absolute Gasteiger partial charge is 0.241 e. The second kappa shape index (κ2) is 3.57. The van der Waals surface area contributed by atoms with Gasteiger partial charge in [-0.3, -0.25) is 0 Å². The predicted molar refractivity (Wildman–Crippen MR) is 58.3 cm³/mol. The smallest absolute Gasteiger partial charge is 0.127 e. The summed E-state index contributed by atoms with van der Waals surface area (Å²) in [6.07, 6.45) is 1.70. The number of benzene rings is 1. The van der Waals surface area contributed by atoms with Gasteiger partial charge in [-0.2, -0.15) is 0 Å². The Bertz CT molecular complexity index is 506. The highest BCUT2D eigenvalue weighted by Crippen LogP contribution is 2.26. The van der Waals surface area contributed by atoms with Crippen molar-refractivity contribution in [2.75, 3.05) is 0 Å². The van der Waals surface area contributed by atoms with Gasteiger partial charge in [-0.25, -0.2) is 14.4 Å².